The summed E-state index contributed by atoms with van der Waals surface area (Å²) in [6, 6.07) is 5.15. The van der Waals surface area contributed by atoms with Crippen LogP contribution in [0.4, 0.5) is 0 Å². The Kier molecular flexibility index (Phi) is 4.20. The number of ether oxygens (including phenoxy) is 1. The molecule has 0 aromatic heterocycles. The van der Waals surface area contributed by atoms with Crippen LogP contribution in [0, 0.1) is 0 Å². The molecule has 0 saturated carbocycles. The van der Waals surface area contributed by atoms with Crippen molar-refractivity contribution in [2.75, 3.05) is 7.11 Å². The summed E-state index contributed by atoms with van der Waals surface area (Å²) in [5.74, 6) is -0.669. The molecule has 2 rings (SSSR count). The van der Waals surface area contributed by atoms with Crippen molar-refractivity contribution in [3.05, 3.63) is 34.9 Å². The van der Waals surface area contributed by atoms with Gasteiger partial charge in [0.25, 0.3) is 5.91 Å². The number of nitrogens with one attached hydrogen (secondary N) is 1. The minimum Gasteiger partial charge on any atom is -0.467 e. The fourth-order valence-electron chi connectivity index (χ4n) is 2.39. The smallest absolute Gasteiger partial charge is 0.328 e. The van der Waals surface area contributed by atoms with Gasteiger partial charge in [-0.1, -0.05) is 6.07 Å². The molecule has 1 aliphatic rings. The molecule has 1 atom stereocenters. The molecule has 19 heavy (non-hydrogen) atoms. The summed E-state index contributed by atoms with van der Waals surface area (Å²) in [4.78, 5) is 23.3. The van der Waals surface area contributed by atoms with E-state index in [1.54, 1.807) is 6.92 Å². The van der Waals surface area contributed by atoms with Crippen LogP contribution in [0.1, 0.15) is 41.3 Å². The lowest BCUT2D eigenvalue weighted by atomic mass is 9.90. The van der Waals surface area contributed by atoms with Crippen LogP contribution in [-0.4, -0.2) is 25.0 Å². The molecule has 0 aliphatic heterocycles. The van der Waals surface area contributed by atoms with Gasteiger partial charge in [0.2, 0.25) is 0 Å². The van der Waals surface area contributed by atoms with Crippen LogP contribution in [0.3, 0.4) is 0 Å². The van der Waals surface area contributed by atoms with Crippen molar-refractivity contribution < 1.29 is 14.3 Å². The topological polar surface area (TPSA) is 55.4 Å². The van der Waals surface area contributed by atoms with Gasteiger partial charge in [-0.15, -0.1) is 0 Å². The van der Waals surface area contributed by atoms with Gasteiger partial charge in [0, 0.05) is 5.56 Å². The zero-order valence-corrected chi connectivity index (χ0v) is 11.4. The maximum absolute atomic E-state index is 12.0. The third kappa shape index (κ3) is 3.13. The van der Waals surface area contributed by atoms with Gasteiger partial charge in [-0.2, -0.15) is 0 Å². The SMILES string of the molecule is COC(=O)C(C)NC(=O)c1ccc2c(c1)CCCC2. The lowest BCUT2D eigenvalue weighted by molar-refractivity contribution is -0.142. The van der Waals surface area contributed by atoms with Crippen LogP contribution >= 0.6 is 0 Å². The van der Waals surface area contributed by atoms with Gasteiger partial charge in [-0.25, -0.2) is 4.79 Å². The van der Waals surface area contributed by atoms with E-state index in [-0.39, 0.29) is 5.91 Å². The molecule has 4 heteroatoms. The standard InChI is InChI=1S/C15H19NO3/c1-10(15(18)19-2)16-14(17)13-8-7-11-5-3-4-6-12(11)9-13/h7-10H,3-6H2,1-2H3,(H,16,17). The van der Waals surface area contributed by atoms with E-state index in [1.807, 2.05) is 18.2 Å². The minimum atomic E-state index is -0.631. The second-order valence-corrected chi connectivity index (χ2v) is 4.91. The Hall–Kier alpha value is -1.84. The number of esters is 1. The molecule has 1 aliphatic carbocycles. The molecule has 1 aromatic carbocycles. The zero-order chi connectivity index (χ0) is 13.8. The molecule has 0 spiro atoms. The number of methoxy groups -OCH3 is 1. The van der Waals surface area contributed by atoms with E-state index in [0.29, 0.717) is 5.56 Å². The van der Waals surface area contributed by atoms with Crippen molar-refractivity contribution in [2.24, 2.45) is 0 Å². The molecular formula is C15H19NO3. The number of benzene rings is 1. The average molecular weight is 261 g/mol. The van der Waals surface area contributed by atoms with Gasteiger partial charge in [-0.05, 0) is 55.9 Å². The molecule has 0 saturated heterocycles. The Labute approximate surface area is 113 Å². The number of rotatable bonds is 3. The first-order valence-electron chi connectivity index (χ1n) is 6.62. The Morgan fingerprint density at radius 2 is 1.89 bits per heavy atom. The minimum absolute atomic E-state index is 0.230. The number of carbonyl (C=O) groups is 2. The molecule has 4 nitrogen and oxygen atoms in total. The van der Waals surface area contributed by atoms with Crippen LogP contribution in [0.2, 0.25) is 0 Å². The first-order chi connectivity index (χ1) is 9.11. The average Bonchev–Trinajstić information content (AvgIpc) is 2.45. The highest BCUT2D eigenvalue weighted by molar-refractivity contribution is 5.96. The van der Waals surface area contributed by atoms with Crippen molar-refractivity contribution in [3.8, 4) is 0 Å². The first kappa shape index (κ1) is 13.6. The lowest BCUT2D eigenvalue weighted by Gasteiger charge is -2.17. The maximum atomic E-state index is 12.0. The van der Waals surface area contributed by atoms with E-state index in [9.17, 15) is 9.59 Å². The predicted molar refractivity (Wildman–Crippen MR) is 72.0 cm³/mol. The van der Waals surface area contributed by atoms with Crippen molar-refractivity contribution in [1.82, 2.24) is 5.32 Å². The molecular weight excluding hydrogens is 242 g/mol. The van der Waals surface area contributed by atoms with E-state index in [4.69, 9.17) is 0 Å². The summed E-state index contributed by atoms with van der Waals surface area (Å²) < 4.78 is 4.59. The normalized spacial score (nSPS) is 15.3. The second kappa shape index (κ2) is 5.87. The van der Waals surface area contributed by atoms with Crippen molar-refractivity contribution in [2.45, 2.75) is 38.6 Å². The van der Waals surface area contributed by atoms with Gasteiger partial charge in [0.15, 0.2) is 0 Å². The molecule has 1 amide bonds. The van der Waals surface area contributed by atoms with Crippen LogP contribution in [0.25, 0.3) is 0 Å². The van der Waals surface area contributed by atoms with Gasteiger partial charge < -0.3 is 10.1 Å². The number of hydrogen-bond donors (Lipinski definition) is 1. The summed E-state index contributed by atoms with van der Waals surface area (Å²) in [7, 11) is 1.31. The maximum Gasteiger partial charge on any atom is 0.328 e. The fourth-order valence-corrected chi connectivity index (χ4v) is 2.39. The van der Waals surface area contributed by atoms with E-state index < -0.39 is 12.0 Å². The third-order valence-electron chi connectivity index (χ3n) is 3.51. The molecule has 1 aromatic rings. The summed E-state index contributed by atoms with van der Waals surface area (Å²) in [6.07, 6.45) is 4.52. The highest BCUT2D eigenvalue weighted by Gasteiger charge is 2.18. The summed E-state index contributed by atoms with van der Waals surface area (Å²) in [5, 5.41) is 2.64. The second-order valence-electron chi connectivity index (χ2n) is 4.91. The highest BCUT2D eigenvalue weighted by Crippen LogP contribution is 2.22. The Balaban J connectivity index is 2.09. The summed E-state index contributed by atoms with van der Waals surface area (Å²) in [5.41, 5.74) is 3.20. The Morgan fingerprint density at radius 3 is 2.58 bits per heavy atom. The van der Waals surface area contributed by atoms with Gasteiger partial charge in [0.1, 0.15) is 6.04 Å². The number of hydrogen-bond acceptors (Lipinski definition) is 3. The van der Waals surface area contributed by atoms with Crippen molar-refractivity contribution in [3.63, 3.8) is 0 Å². The van der Waals surface area contributed by atoms with Crippen molar-refractivity contribution in [1.29, 1.82) is 0 Å². The molecule has 0 heterocycles. The van der Waals surface area contributed by atoms with Gasteiger partial charge in [-0.3, -0.25) is 4.79 Å². The number of carbonyl (C=O) groups excluding carboxylic acids is 2. The van der Waals surface area contributed by atoms with Crippen LogP contribution in [0.15, 0.2) is 18.2 Å². The number of fused-ring (bicyclic) bond motifs is 1. The van der Waals surface area contributed by atoms with Crippen LogP contribution in [-0.2, 0) is 22.4 Å². The summed E-state index contributed by atoms with van der Waals surface area (Å²) >= 11 is 0. The largest absolute Gasteiger partial charge is 0.467 e. The van der Waals surface area contributed by atoms with E-state index in [0.717, 1.165) is 12.8 Å². The van der Waals surface area contributed by atoms with E-state index in [1.165, 1.54) is 31.1 Å². The first-order valence-corrected chi connectivity index (χ1v) is 6.62. The third-order valence-corrected chi connectivity index (χ3v) is 3.51. The Morgan fingerprint density at radius 1 is 1.21 bits per heavy atom. The lowest BCUT2D eigenvalue weighted by Crippen LogP contribution is -2.39. The number of aryl methyl sites for hydroxylation is 2. The number of amides is 1. The molecule has 0 fully saturated rings. The molecule has 0 radical (unpaired) electrons. The molecule has 1 N–H and O–H groups in total. The van der Waals surface area contributed by atoms with Crippen LogP contribution < -0.4 is 5.32 Å². The van der Waals surface area contributed by atoms with E-state index >= 15 is 0 Å². The van der Waals surface area contributed by atoms with Gasteiger partial charge >= 0.3 is 5.97 Å². The zero-order valence-electron chi connectivity index (χ0n) is 11.4. The quantitative estimate of drug-likeness (QED) is 0.845. The highest BCUT2D eigenvalue weighted by atomic mass is 16.5. The van der Waals surface area contributed by atoms with Crippen molar-refractivity contribution >= 4 is 11.9 Å². The Bertz CT molecular complexity index is 496. The predicted octanol–water partition coefficient (Wildman–Crippen LogP) is 1.86. The molecule has 102 valence electrons. The van der Waals surface area contributed by atoms with Gasteiger partial charge in [0.05, 0.1) is 7.11 Å². The molecule has 1 unspecified atom stereocenters. The molecule has 0 bridgehead atoms. The van der Waals surface area contributed by atoms with E-state index in [2.05, 4.69) is 10.1 Å². The van der Waals surface area contributed by atoms with Crippen LogP contribution in [0.5, 0.6) is 0 Å². The monoisotopic (exact) mass is 261 g/mol. The fraction of sp³-hybridized carbons (Fsp3) is 0.467. The summed E-state index contributed by atoms with van der Waals surface area (Å²) in [6.45, 7) is 1.61.